The first-order valence-corrected chi connectivity index (χ1v) is 10.4. The molecule has 29 heavy (non-hydrogen) atoms. The van der Waals surface area contributed by atoms with Crippen LogP contribution in [-0.4, -0.2) is 51.2 Å². The molecule has 6 heteroatoms. The summed E-state index contributed by atoms with van der Waals surface area (Å²) in [5.41, 5.74) is 3.70. The van der Waals surface area contributed by atoms with Crippen LogP contribution in [-0.2, 0) is 17.8 Å². The molecule has 0 atom stereocenters. The predicted molar refractivity (Wildman–Crippen MR) is 125 cm³/mol. The van der Waals surface area contributed by atoms with E-state index in [0.717, 1.165) is 35.2 Å². The first-order valence-electron chi connectivity index (χ1n) is 9.88. The second-order valence-corrected chi connectivity index (χ2v) is 6.75. The van der Waals surface area contributed by atoms with Crippen LogP contribution in [0.4, 0.5) is 0 Å². The first kappa shape index (κ1) is 24.6. The third-order valence-corrected chi connectivity index (χ3v) is 4.77. The number of fused-ring (bicyclic) bond motifs is 1. The molecule has 1 aromatic heterocycles. The zero-order valence-electron chi connectivity index (χ0n) is 18.0. The molecule has 0 amide bonds. The van der Waals surface area contributed by atoms with Crippen molar-refractivity contribution < 1.29 is 15.0 Å². The third-order valence-electron chi connectivity index (χ3n) is 4.55. The van der Waals surface area contributed by atoms with Crippen molar-refractivity contribution in [3.05, 3.63) is 53.3 Å². The van der Waals surface area contributed by atoms with Crippen LogP contribution in [0.3, 0.4) is 0 Å². The lowest BCUT2D eigenvalue weighted by molar-refractivity contribution is -0.137. The number of likely N-dealkylation sites (N-methyl/N-ethyl adjacent to an activating group) is 1. The number of phenolic OH excluding ortho intramolecular Hbond substituents is 1. The number of hydrogen-bond acceptors (Lipinski definition) is 4. The molecule has 0 saturated heterocycles. The smallest absolute Gasteiger partial charge is 0.323 e. The fraction of sp³-hybridized carbons (Fsp3) is 0.391. The van der Waals surface area contributed by atoms with Gasteiger partial charge in [-0.1, -0.05) is 44.3 Å². The summed E-state index contributed by atoms with van der Waals surface area (Å²) in [5, 5.41) is 21.6. The fourth-order valence-electron chi connectivity index (χ4n) is 3.28. The maximum atomic E-state index is 11.3. The Bertz CT molecular complexity index is 897. The molecule has 0 fully saturated rings. The van der Waals surface area contributed by atoms with E-state index in [1.54, 1.807) is 22.8 Å². The monoisotopic (exact) mass is 416 g/mol. The second-order valence-electron chi connectivity index (χ2n) is 6.51. The van der Waals surface area contributed by atoms with Crippen molar-refractivity contribution in [1.82, 2.24) is 9.47 Å². The van der Waals surface area contributed by atoms with E-state index in [4.69, 9.17) is 12.2 Å². The van der Waals surface area contributed by atoms with E-state index in [-0.39, 0.29) is 12.3 Å². The predicted octanol–water partition coefficient (Wildman–Crippen LogP) is 4.80. The largest absolute Gasteiger partial charge is 0.508 e. The van der Waals surface area contributed by atoms with Gasteiger partial charge in [0.15, 0.2) is 0 Å². The molecule has 0 spiro atoms. The summed E-state index contributed by atoms with van der Waals surface area (Å²) in [4.78, 5) is 13.5. The summed E-state index contributed by atoms with van der Waals surface area (Å²) in [5.74, 6) is -0.768. The number of rotatable bonds is 9. The number of benzene rings is 1. The Hall–Kier alpha value is -2.44. The van der Waals surface area contributed by atoms with Gasteiger partial charge in [-0.25, -0.2) is 0 Å². The van der Waals surface area contributed by atoms with Gasteiger partial charge in [-0.3, -0.25) is 4.79 Å². The quantitative estimate of drug-likeness (QED) is 0.454. The molecule has 2 aromatic rings. The van der Waals surface area contributed by atoms with Gasteiger partial charge in [0.2, 0.25) is 0 Å². The molecule has 0 aliphatic rings. The lowest BCUT2D eigenvalue weighted by Crippen LogP contribution is -2.23. The number of hydrogen-bond donors (Lipinski definition) is 2. The number of phenols is 1. The summed E-state index contributed by atoms with van der Waals surface area (Å²) in [6.45, 7) is 9.47. The molecule has 0 aliphatic heterocycles. The van der Waals surface area contributed by atoms with Crippen LogP contribution < -0.4 is 0 Å². The van der Waals surface area contributed by atoms with Crippen LogP contribution in [0.2, 0.25) is 0 Å². The van der Waals surface area contributed by atoms with Gasteiger partial charge in [-0.05, 0) is 56.7 Å². The summed E-state index contributed by atoms with van der Waals surface area (Å²) in [7, 11) is 2.05. The Balaban J connectivity index is 0.00000204. The molecule has 0 aliphatic carbocycles. The number of aromatic hydroxyl groups is 1. The van der Waals surface area contributed by atoms with E-state index in [2.05, 4.69) is 24.1 Å². The van der Waals surface area contributed by atoms with E-state index in [9.17, 15) is 15.0 Å². The number of thiocarbonyl (C=S) groups is 1. The molecule has 0 radical (unpaired) electrons. The van der Waals surface area contributed by atoms with Crippen LogP contribution in [0.15, 0.2) is 42.0 Å². The number of carbonyl (C=O) groups is 1. The third kappa shape index (κ3) is 6.54. The molecule has 1 aromatic carbocycles. The Morgan fingerprint density at radius 2 is 1.97 bits per heavy atom. The van der Waals surface area contributed by atoms with Gasteiger partial charge in [0.1, 0.15) is 12.3 Å². The molecule has 158 valence electrons. The Labute approximate surface area is 179 Å². The lowest BCUT2D eigenvalue weighted by Gasteiger charge is -2.17. The minimum absolute atomic E-state index is 0.157. The average molecular weight is 417 g/mol. The van der Waals surface area contributed by atoms with Crippen molar-refractivity contribution in [2.24, 2.45) is 0 Å². The average Bonchev–Trinajstić information content (AvgIpc) is 2.98. The van der Waals surface area contributed by atoms with Crippen LogP contribution >= 0.6 is 12.2 Å². The standard InChI is InChI=1S/C21H26N2O3S.C2H6/c1-4-6-15(5-2)12-22(3)10-9-17-18-11-16(24)7-8-19(18)23(13-21(25)26)20(17)14-27;1-2/h4-8,11,14,24H,9-10,12-13H2,1-3H3,(H,25,26);1-2H3/b6-4-,15-5+;. The molecular formula is C23H32N2O3S. The van der Waals surface area contributed by atoms with Crippen molar-refractivity contribution >= 4 is 34.5 Å². The minimum atomic E-state index is -0.925. The topological polar surface area (TPSA) is 65.7 Å². The van der Waals surface area contributed by atoms with E-state index in [1.807, 2.05) is 33.8 Å². The maximum Gasteiger partial charge on any atom is 0.323 e. The van der Waals surface area contributed by atoms with E-state index < -0.39 is 5.97 Å². The van der Waals surface area contributed by atoms with Crippen molar-refractivity contribution in [1.29, 1.82) is 0 Å². The van der Waals surface area contributed by atoms with E-state index >= 15 is 0 Å². The van der Waals surface area contributed by atoms with Gasteiger partial charge < -0.3 is 19.7 Å². The molecule has 2 rings (SSSR count). The highest BCUT2D eigenvalue weighted by atomic mass is 32.1. The Kier molecular flexibility index (Phi) is 10.3. The van der Waals surface area contributed by atoms with Crippen molar-refractivity contribution in [3.8, 4) is 5.75 Å². The van der Waals surface area contributed by atoms with Crippen molar-refractivity contribution in [3.63, 3.8) is 0 Å². The van der Waals surface area contributed by atoms with Crippen molar-refractivity contribution in [2.45, 2.75) is 40.7 Å². The summed E-state index contributed by atoms with van der Waals surface area (Å²) >= 11 is 5.19. The van der Waals surface area contributed by atoms with E-state index in [0.29, 0.717) is 6.42 Å². The number of allylic oxidation sites excluding steroid dienone is 2. The maximum absolute atomic E-state index is 11.3. The summed E-state index contributed by atoms with van der Waals surface area (Å²) in [6, 6.07) is 4.99. The molecule has 1 heterocycles. The number of nitrogens with zero attached hydrogens (tertiary/aromatic N) is 2. The van der Waals surface area contributed by atoms with Gasteiger partial charge in [0.25, 0.3) is 0 Å². The van der Waals surface area contributed by atoms with Crippen LogP contribution in [0.5, 0.6) is 5.75 Å². The highest BCUT2D eigenvalue weighted by Gasteiger charge is 2.18. The second kappa shape index (κ2) is 12.2. The van der Waals surface area contributed by atoms with Gasteiger partial charge >= 0.3 is 5.97 Å². The molecule has 5 nitrogen and oxygen atoms in total. The van der Waals surface area contributed by atoms with Crippen molar-refractivity contribution in [2.75, 3.05) is 20.1 Å². The van der Waals surface area contributed by atoms with Gasteiger partial charge in [-0.15, -0.1) is 0 Å². The minimum Gasteiger partial charge on any atom is -0.508 e. The van der Waals surface area contributed by atoms with Gasteiger partial charge in [-0.2, -0.15) is 0 Å². The highest BCUT2D eigenvalue weighted by Crippen LogP contribution is 2.29. The molecular weight excluding hydrogens is 384 g/mol. The summed E-state index contributed by atoms with van der Waals surface area (Å²) in [6.07, 6.45) is 6.92. The zero-order valence-corrected chi connectivity index (χ0v) is 18.8. The van der Waals surface area contributed by atoms with Crippen LogP contribution in [0, 0.1) is 0 Å². The van der Waals surface area contributed by atoms with Crippen LogP contribution in [0.25, 0.3) is 10.9 Å². The Morgan fingerprint density at radius 1 is 1.28 bits per heavy atom. The zero-order chi connectivity index (χ0) is 22.0. The van der Waals surface area contributed by atoms with Crippen LogP contribution in [0.1, 0.15) is 39.0 Å². The van der Waals surface area contributed by atoms with E-state index in [1.165, 1.54) is 10.9 Å². The summed E-state index contributed by atoms with van der Waals surface area (Å²) < 4.78 is 1.70. The normalized spacial score (nSPS) is 11.7. The number of aromatic nitrogens is 1. The fourth-order valence-corrected chi connectivity index (χ4v) is 3.55. The molecule has 2 N–H and O–H groups in total. The highest BCUT2D eigenvalue weighted by molar-refractivity contribution is 7.79. The first-order chi connectivity index (χ1) is 13.9. The SMILES string of the molecule is C/C=C\C(=C/C)CN(C)CCc1c(C=S)n(CC(=O)O)c2ccc(O)cc12.CC. The Morgan fingerprint density at radius 3 is 2.52 bits per heavy atom. The number of aliphatic carboxylic acids is 1. The molecule has 0 bridgehead atoms. The van der Waals surface area contributed by atoms with Gasteiger partial charge in [0.05, 0.1) is 5.69 Å². The number of carboxylic acid groups (broad SMARTS) is 1. The van der Waals surface area contributed by atoms with Gasteiger partial charge in [0, 0.05) is 29.4 Å². The molecule has 0 unspecified atom stereocenters. The lowest BCUT2D eigenvalue weighted by atomic mass is 10.1. The number of carboxylic acids is 1. The molecule has 0 saturated carbocycles.